The zero-order valence-electron chi connectivity index (χ0n) is 9.35. The number of aliphatic hydroxyl groups excluding tert-OH is 1. The van der Waals surface area contributed by atoms with E-state index in [2.05, 4.69) is 16.0 Å². The van der Waals surface area contributed by atoms with Crippen LogP contribution in [-0.4, -0.2) is 36.3 Å². The number of hydrogen-bond donors (Lipinski definition) is 3. The van der Waals surface area contributed by atoms with Gasteiger partial charge < -0.3 is 20.7 Å². The summed E-state index contributed by atoms with van der Waals surface area (Å²) in [5.41, 5.74) is 7.95. The van der Waals surface area contributed by atoms with Gasteiger partial charge in [-0.15, -0.1) is 0 Å². The lowest BCUT2D eigenvalue weighted by molar-refractivity contribution is 0.267. The molecule has 0 saturated heterocycles. The van der Waals surface area contributed by atoms with Crippen LogP contribution in [0.3, 0.4) is 0 Å². The first-order valence-corrected chi connectivity index (χ1v) is 5.36. The second-order valence-corrected chi connectivity index (χ2v) is 4.04. The van der Waals surface area contributed by atoms with Crippen molar-refractivity contribution < 1.29 is 5.11 Å². The number of nitrogens with zero attached hydrogens (tertiary/aromatic N) is 1. The summed E-state index contributed by atoms with van der Waals surface area (Å²) in [6, 6.07) is 7.92. The molecule has 4 heteroatoms. The van der Waals surface area contributed by atoms with E-state index in [0.717, 1.165) is 11.2 Å². The number of aliphatic hydroxyl groups is 1. The molecule has 1 aromatic heterocycles. The molecule has 2 aromatic rings. The van der Waals surface area contributed by atoms with Crippen molar-refractivity contribution in [1.29, 1.82) is 0 Å². The van der Waals surface area contributed by atoms with Crippen LogP contribution >= 0.6 is 0 Å². The number of fused-ring (bicyclic) bond motifs is 1. The minimum Gasteiger partial charge on any atom is -0.395 e. The molecule has 0 amide bonds. The van der Waals surface area contributed by atoms with E-state index in [1.165, 1.54) is 5.39 Å². The van der Waals surface area contributed by atoms with Crippen LogP contribution in [0.1, 0.15) is 0 Å². The van der Waals surface area contributed by atoms with Crippen molar-refractivity contribution in [3.8, 4) is 0 Å². The van der Waals surface area contributed by atoms with Crippen molar-refractivity contribution in [1.82, 2.24) is 4.98 Å². The zero-order chi connectivity index (χ0) is 11.5. The molecule has 16 heavy (non-hydrogen) atoms. The van der Waals surface area contributed by atoms with E-state index in [9.17, 15) is 0 Å². The summed E-state index contributed by atoms with van der Waals surface area (Å²) in [6.45, 7) is 0.644. The van der Waals surface area contributed by atoms with Crippen molar-refractivity contribution in [2.24, 2.45) is 5.73 Å². The number of nitrogens with two attached hydrogens (primary N) is 1. The molecule has 4 N–H and O–H groups in total. The molecule has 1 aromatic carbocycles. The van der Waals surface area contributed by atoms with Crippen molar-refractivity contribution in [3.63, 3.8) is 0 Å². The molecule has 0 saturated carbocycles. The molecular formula is C12H17N3O. The summed E-state index contributed by atoms with van der Waals surface area (Å²) >= 11 is 0. The van der Waals surface area contributed by atoms with Gasteiger partial charge in [-0.05, 0) is 6.07 Å². The first kappa shape index (κ1) is 11.0. The van der Waals surface area contributed by atoms with Crippen LogP contribution in [0, 0.1) is 0 Å². The Hall–Kier alpha value is -1.52. The number of hydrogen-bond acceptors (Lipinski definition) is 3. The normalized spacial score (nSPS) is 12.9. The van der Waals surface area contributed by atoms with Gasteiger partial charge in [-0.2, -0.15) is 0 Å². The van der Waals surface area contributed by atoms with Crippen molar-refractivity contribution in [2.45, 2.75) is 6.04 Å². The number of para-hydroxylation sites is 1. The molecule has 4 nitrogen and oxygen atoms in total. The monoisotopic (exact) mass is 219 g/mol. The van der Waals surface area contributed by atoms with E-state index in [-0.39, 0.29) is 12.6 Å². The lowest BCUT2D eigenvalue weighted by atomic mass is 10.2. The fraction of sp³-hybridized carbons (Fsp3) is 0.333. The Morgan fingerprint density at radius 2 is 2.19 bits per heavy atom. The minimum atomic E-state index is -0.210. The summed E-state index contributed by atoms with van der Waals surface area (Å²) in [6.07, 6.45) is 1.97. The van der Waals surface area contributed by atoms with E-state index in [0.29, 0.717) is 6.54 Å². The number of anilines is 1. The lowest BCUT2D eigenvalue weighted by Crippen LogP contribution is -2.37. The smallest absolute Gasteiger partial charge is 0.0621 e. The Balaban J connectivity index is 2.26. The highest BCUT2D eigenvalue weighted by Gasteiger charge is 2.10. The SMILES string of the molecule is CN(CC(N)CO)c1c[nH]c2ccccc12. The van der Waals surface area contributed by atoms with Crippen LogP contribution in [0.5, 0.6) is 0 Å². The number of likely N-dealkylation sites (N-methyl/N-ethyl adjacent to an activating group) is 1. The number of benzene rings is 1. The van der Waals surface area contributed by atoms with Gasteiger partial charge in [0.25, 0.3) is 0 Å². The quantitative estimate of drug-likeness (QED) is 0.716. The van der Waals surface area contributed by atoms with Gasteiger partial charge in [-0.25, -0.2) is 0 Å². The predicted octanol–water partition coefficient (Wildman–Crippen LogP) is 0.924. The Morgan fingerprint density at radius 1 is 1.44 bits per heavy atom. The van der Waals surface area contributed by atoms with Gasteiger partial charge in [-0.1, -0.05) is 18.2 Å². The minimum absolute atomic E-state index is 0.00664. The standard InChI is InChI=1S/C12H17N3O/c1-15(7-9(13)8-16)12-6-14-11-5-3-2-4-10(11)12/h2-6,9,14,16H,7-8,13H2,1H3. The number of nitrogens with one attached hydrogen (secondary N) is 1. The molecule has 0 aliphatic carbocycles. The molecule has 0 fully saturated rings. The van der Waals surface area contributed by atoms with Gasteiger partial charge >= 0.3 is 0 Å². The van der Waals surface area contributed by atoms with E-state index in [1.54, 1.807) is 0 Å². The zero-order valence-corrected chi connectivity index (χ0v) is 9.35. The van der Waals surface area contributed by atoms with E-state index < -0.39 is 0 Å². The molecule has 2 rings (SSSR count). The number of aromatic nitrogens is 1. The van der Waals surface area contributed by atoms with Crippen LogP contribution in [0.25, 0.3) is 10.9 Å². The van der Waals surface area contributed by atoms with Crippen LogP contribution in [0.2, 0.25) is 0 Å². The third-order valence-electron chi connectivity index (χ3n) is 2.72. The third kappa shape index (κ3) is 2.03. The first-order valence-electron chi connectivity index (χ1n) is 5.36. The molecule has 0 bridgehead atoms. The number of aromatic amines is 1. The molecule has 0 spiro atoms. The van der Waals surface area contributed by atoms with Crippen LogP contribution < -0.4 is 10.6 Å². The second kappa shape index (κ2) is 4.55. The lowest BCUT2D eigenvalue weighted by Gasteiger charge is -2.21. The number of rotatable bonds is 4. The summed E-state index contributed by atoms with van der Waals surface area (Å²) in [7, 11) is 1.98. The molecule has 1 heterocycles. The summed E-state index contributed by atoms with van der Waals surface area (Å²) < 4.78 is 0. The Bertz CT molecular complexity index is 466. The topological polar surface area (TPSA) is 65.3 Å². The molecule has 0 aliphatic rings. The maximum absolute atomic E-state index is 8.93. The van der Waals surface area contributed by atoms with E-state index in [1.807, 2.05) is 31.4 Å². The molecule has 1 atom stereocenters. The van der Waals surface area contributed by atoms with E-state index in [4.69, 9.17) is 10.8 Å². The third-order valence-corrected chi connectivity index (χ3v) is 2.72. The van der Waals surface area contributed by atoms with Gasteiger partial charge in [-0.3, -0.25) is 0 Å². The predicted molar refractivity (Wildman–Crippen MR) is 66.6 cm³/mol. The Kier molecular flexibility index (Phi) is 3.12. The van der Waals surface area contributed by atoms with Gasteiger partial charge in [0.1, 0.15) is 0 Å². The largest absolute Gasteiger partial charge is 0.395 e. The summed E-state index contributed by atoms with van der Waals surface area (Å²) in [5.74, 6) is 0. The highest BCUT2D eigenvalue weighted by Crippen LogP contribution is 2.25. The van der Waals surface area contributed by atoms with Gasteiger partial charge in [0.2, 0.25) is 0 Å². The van der Waals surface area contributed by atoms with Crippen LogP contribution in [0.15, 0.2) is 30.5 Å². The van der Waals surface area contributed by atoms with Crippen LogP contribution in [-0.2, 0) is 0 Å². The molecule has 1 unspecified atom stereocenters. The average molecular weight is 219 g/mol. The van der Waals surface area contributed by atoms with E-state index >= 15 is 0 Å². The fourth-order valence-corrected chi connectivity index (χ4v) is 1.88. The molecule has 86 valence electrons. The highest BCUT2D eigenvalue weighted by molar-refractivity contribution is 5.92. The van der Waals surface area contributed by atoms with Crippen LogP contribution in [0.4, 0.5) is 5.69 Å². The maximum atomic E-state index is 8.93. The summed E-state index contributed by atoms with van der Waals surface area (Å²) in [5, 5.41) is 10.1. The van der Waals surface area contributed by atoms with Gasteiger partial charge in [0.15, 0.2) is 0 Å². The fourth-order valence-electron chi connectivity index (χ4n) is 1.88. The molecule has 0 aliphatic heterocycles. The molecular weight excluding hydrogens is 202 g/mol. The molecule has 0 radical (unpaired) electrons. The highest BCUT2D eigenvalue weighted by atomic mass is 16.3. The van der Waals surface area contributed by atoms with Gasteiger partial charge in [0.05, 0.1) is 12.3 Å². The Labute approximate surface area is 94.7 Å². The first-order chi connectivity index (χ1) is 7.72. The summed E-state index contributed by atoms with van der Waals surface area (Å²) in [4.78, 5) is 5.27. The van der Waals surface area contributed by atoms with Crippen molar-refractivity contribution >= 4 is 16.6 Å². The van der Waals surface area contributed by atoms with Crippen molar-refractivity contribution in [2.75, 3.05) is 25.1 Å². The van der Waals surface area contributed by atoms with Crippen molar-refractivity contribution in [3.05, 3.63) is 30.5 Å². The second-order valence-electron chi connectivity index (χ2n) is 4.04. The average Bonchev–Trinajstić information content (AvgIpc) is 2.72. The maximum Gasteiger partial charge on any atom is 0.0621 e. The Morgan fingerprint density at radius 3 is 2.94 bits per heavy atom. The number of H-pyrrole nitrogens is 1. The van der Waals surface area contributed by atoms with Gasteiger partial charge in [0, 0.05) is 36.7 Å².